The normalized spacial score (nSPS) is 17.5. The maximum Gasteiger partial charge on any atom is 1.00 e. The second-order valence-corrected chi connectivity index (χ2v) is 11.2. The molecule has 0 aliphatic carbocycles. The molecule has 0 radical (unpaired) electrons. The van der Waals surface area contributed by atoms with Crippen LogP contribution in [0.4, 0.5) is 5.13 Å². The molecule has 0 unspecified atom stereocenters. The van der Waals surface area contributed by atoms with E-state index in [1.54, 1.807) is 48.2 Å². The molecule has 2 aliphatic heterocycles. The second-order valence-electron chi connectivity index (χ2n) is 9.23. The Kier molecular flexibility index (Phi) is 11.4. The van der Waals surface area contributed by atoms with E-state index in [9.17, 15) is 24.3 Å². The smallest absolute Gasteiger partial charge is 0.543 e. The number of hydrogen-bond acceptors (Lipinski definition) is 13. The Labute approximate surface area is 290 Å². The Morgan fingerprint density at radius 3 is 2.78 bits per heavy atom. The number of nitrogens with two attached hydrogens (primary N) is 1. The molecule has 16 nitrogen and oxygen atoms in total. The van der Waals surface area contributed by atoms with Crippen LogP contribution in [0.2, 0.25) is 0 Å². The Morgan fingerprint density at radius 2 is 2.13 bits per heavy atom. The summed E-state index contributed by atoms with van der Waals surface area (Å²) in [6.45, 7) is 2.24. The Morgan fingerprint density at radius 1 is 1.37 bits per heavy atom. The third-order valence-electron chi connectivity index (χ3n) is 6.44. The van der Waals surface area contributed by atoms with Gasteiger partial charge in [0.15, 0.2) is 29.8 Å². The number of pyridine rings is 1. The number of rotatable bonds is 11. The van der Waals surface area contributed by atoms with E-state index in [-0.39, 0.29) is 69.9 Å². The summed E-state index contributed by atoms with van der Waals surface area (Å²) in [5, 5.41) is 32.0. The number of thiazole rings is 1. The summed E-state index contributed by atoms with van der Waals surface area (Å²) in [6, 6.07) is 5.24. The van der Waals surface area contributed by atoms with Crippen molar-refractivity contribution in [2.75, 3.05) is 18.1 Å². The molecule has 230 valence electrons. The first kappa shape index (κ1) is 34.4. The number of aliphatic imine (C=N–C) groups is 1. The van der Waals surface area contributed by atoms with Crippen molar-refractivity contribution in [1.82, 2.24) is 20.4 Å². The first-order valence-corrected chi connectivity index (χ1v) is 15.0. The quantitative estimate of drug-likeness (QED) is 0.0684. The summed E-state index contributed by atoms with van der Waals surface area (Å²) in [6.07, 6.45) is 6.83. The van der Waals surface area contributed by atoms with Crippen molar-refractivity contribution in [2.45, 2.75) is 24.9 Å². The van der Waals surface area contributed by atoms with Gasteiger partial charge in [-0.25, -0.2) is 9.55 Å². The summed E-state index contributed by atoms with van der Waals surface area (Å²) >= 11 is 2.40. The number of allylic oxidation sites excluding steroid dienone is 2. The Hall–Kier alpha value is -4.45. The number of aliphatic carboxylic acids is 1. The van der Waals surface area contributed by atoms with Crippen molar-refractivity contribution in [2.24, 2.45) is 10.1 Å². The van der Waals surface area contributed by atoms with Crippen LogP contribution in [0.5, 0.6) is 0 Å². The molecular weight excluding hydrogens is 649 g/mol. The molecule has 3 N–H and O–H groups in total. The molecule has 3 amide bonds. The van der Waals surface area contributed by atoms with Crippen LogP contribution in [0, 0.1) is 0 Å². The number of fused-ring (bicyclic) bond motifs is 1. The minimum absolute atomic E-state index is 0. The average molecular weight is 672 g/mol. The van der Waals surface area contributed by atoms with E-state index in [1.165, 1.54) is 29.2 Å². The molecule has 0 saturated carbocycles. The second kappa shape index (κ2) is 15.2. The van der Waals surface area contributed by atoms with Crippen LogP contribution >= 0.6 is 23.1 Å². The number of nitrogens with one attached hydrogen (secondary N) is 1. The molecule has 2 aliphatic rings. The van der Waals surface area contributed by atoms with Gasteiger partial charge in [-0.3, -0.25) is 19.3 Å². The number of oxime groups is 1. The molecular formula is C27H22N9NaO7S2. The van der Waals surface area contributed by atoms with Crippen LogP contribution in [0.1, 0.15) is 23.2 Å². The molecule has 5 heterocycles. The molecule has 1 fully saturated rings. The van der Waals surface area contributed by atoms with Crippen LogP contribution in [0.25, 0.3) is 16.7 Å². The van der Waals surface area contributed by atoms with E-state index >= 15 is 0 Å². The van der Waals surface area contributed by atoms with Crippen LogP contribution in [0.3, 0.4) is 0 Å². The number of carbonyl (C=O) groups excluding carboxylic acids is 4. The number of nitrogen functional groups attached to an aromatic ring is 1. The van der Waals surface area contributed by atoms with Gasteiger partial charge in [-0.15, -0.1) is 29.1 Å². The van der Waals surface area contributed by atoms with Crippen LogP contribution in [0.15, 0.2) is 74.1 Å². The van der Waals surface area contributed by atoms with Gasteiger partial charge in [-0.2, -0.15) is 0 Å². The first-order valence-electron chi connectivity index (χ1n) is 13.1. The number of amides is 3. The number of hydrogen-bond donors (Lipinski definition) is 2. The van der Waals surface area contributed by atoms with Crippen molar-refractivity contribution in [3.63, 3.8) is 0 Å². The van der Waals surface area contributed by atoms with Crippen LogP contribution < -0.4 is 50.3 Å². The number of nitrogens with zero attached hydrogens (tertiary/aromatic N) is 7. The monoisotopic (exact) mass is 671 g/mol. The summed E-state index contributed by atoms with van der Waals surface area (Å²) in [5.41, 5.74) is 6.85. The Balaban J connectivity index is 0.00000480. The molecule has 3 aromatic rings. The number of carboxylic acids is 1. The molecule has 5 rings (SSSR count). The van der Waals surface area contributed by atoms with Gasteiger partial charge >= 0.3 is 29.6 Å². The van der Waals surface area contributed by atoms with Gasteiger partial charge in [0.25, 0.3) is 11.8 Å². The minimum atomic E-state index is -1.51. The third-order valence-corrected chi connectivity index (χ3v) is 8.41. The van der Waals surface area contributed by atoms with Crippen LogP contribution in [-0.2, 0) is 25.8 Å². The predicted molar refractivity (Wildman–Crippen MR) is 158 cm³/mol. The zero-order valence-electron chi connectivity index (χ0n) is 24.3. The molecule has 0 bridgehead atoms. The van der Waals surface area contributed by atoms with E-state index in [1.807, 2.05) is 0 Å². The van der Waals surface area contributed by atoms with E-state index in [4.69, 9.17) is 20.5 Å². The first-order chi connectivity index (χ1) is 21.7. The van der Waals surface area contributed by atoms with Crippen molar-refractivity contribution >= 4 is 63.6 Å². The van der Waals surface area contributed by atoms with Crippen molar-refractivity contribution in [3.8, 4) is 11.3 Å². The zero-order valence-corrected chi connectivity index (χ0v) is 27.9. The SMILES string of the molecule is CCO/N=C(\C(=O)N[C@@H]1C(=O)N2C(C(=O)[O-])=C(/C=C/C[n+]3ccc(-c4cc(C(=O)N=C=[N-])on4)cc3)CS[C@H]12)c1csc(N)n1.[Na+]. The summed E-state index contributed by atoms with van der Waals surface area (Å²) in [7, 11) is 0. The zero-order chi connectivity index (χ0) is 32.1. The van der Waals surface area contributed by atoms with Crippen molar-refractivity contribution < 1.29 is 67.8 Å². The maximum atomic E-state index is 13.1. The van der Waals surface area contributed by atoms with Gasteiger partial charge in [0.1, 0.15) is 29.4 Å². The van der Waals surface area contributed by atoms with Crippen LogP contribution in [-0.4, -0.2) is 74.2 Å². The number of thioether (sulfide) groups is 1. The van der Waals surface area contributed by atoms with Gasteiger partial charge in [-0.05, 0) is 18.6 Å². The maximum absolute atomic E-state index is 13.1. The van der Waals surface area contributed by atoms with Gasteiger partial charge < -0.3 is 40.7 Å². The molecule has 46 heavy (non-hydrogen) atoms. The summed E-state index contributed by atoms with van der Waals surface area (Å²) < 4.78 is 6.73. The summed E-state index contributed by atoms with van der Waals surface area (Å²) in [5.74, 6) is -3.58. The van der Waals surface area contributed by atoms with Gasteiger partial charge in [0, 0.05) is 34.9 Å². The third kappa shape index (κ3) is 7.33. The molecule has 2 atom stereocenters. The molecule has 0 spiro atoms. The number of β-lactam (4-membered cyclic amide) rings is 1. The number of aromatic nitrogens is 3. The van der Waals surface area contributed by atoms with Crippen molar-refractivity contribution in [3.05, 3.63) is 76.3 Å². The molecule has 0 aromatic carbocycles. The van der Waals surface area contributed by atoms with E-state index in [2.05, 4.69) is 25.6 Å². The van der Waals surface area contributed by atoms with Gasteiger partial charge in [-0.1, -0.05) is 16.4 Å². The largest absolute Gasteiger partial charge is 1.00 e. The fourth-order valence-corrected chi connectivity index (χ4v) is 6.25. The fraction of sp³-hybridized carbons (Fsp3) is 0.222. The fourth-order valence-electron chi connectivity index (χ4n) is 4.38. The number of anilines is 1. The average Bonchev–Trinajstić information content (AvgIpc) is 3.70. The van der Waals surface area contributed by atoms with E-state index in [0.29, 0.717) is 23.4 Å². The Bertz CT molecular complexity index is 1810. The standard InChI is InChI=1S/C27H23N9O7S2.Na/c1-2-42-34-19(17-12-45-27(29)31-17)23(38)32-20-24(39)36-21(26(40)41)15(11-44-25(20)36)4-3-7-35-8-5-14(6-9-35)16-10-18(43-33-16)22(37)30-13-28;/h3-6,8-10,12,20,25H,2,7,11H2,1H3,(H2,29,31)(H,32,38)(H,40,41);/q;+1/p-1/b4-3+,34-19-;/t20-,25-;/m1./s1. The molecule has 1 saturated heterocycles. The van der Waals surface area contributed by atoms with Crippen molar-refractivity contribution in [1.29, 1.82) is 0 Å². The predicted octanol–water partition coefficient (Wildman–Crippen LogP) is -3.04. The summed E-state index contributed by atoms with van der Waals surface area (Å²) in [4.78, 5) is 63.2. The minimum Gasteiger partial charge on any atom is -0.543 e. The van der Waals surface area contributed by atoms with Gasteiger partial charge in [0.2, 0.25) is 11.7 Å². The van der Waals surface area contributed by atoms with Gasteiger partial charge in [0.05, 0.1) is 11.7 Å². The van der Waals surface area contributed by atoms with E-state index in [0.717, 1.165) is 16.2 Å². The van der Waals surface area contributed by atoms with E-state index < -0.39 is 35.1 Å². The number of carboxylic acid groups (broad SMARTS) is 1. The molecule has 19 heteroatoms. The topological polar surface area (TPSA) is 232 Å². The molecule has 3 aromatic heterocycles. The number of carbonyl (C=O) groups is 4.